The number of hydrogen-bond donors (Lipinski definition) is 1. The zero-order valence-corrected chi connectivity index (χ0v) is 16.4. The number of amides is 1. The van der Waals surface area contributed by atoms with Crippen molar-refractivity contribution in [1.29, 1.82) is 0 Å². The Morgan fingerprint density at radius 1 is 1.19 bits per heavy atom. The van der Waals surface area contributed by atoms with Crippen LogP contribution < -0.4 is 5.32 Å². The van der Waals surface area contributed by atoms with E-state index in [9.17, 15) is 4.79 Å². The van der Waals surface area contributed by atoms with Crippen LogP contribution in [0.15, 0.2) is 52.0 Å². The maximum atomic E-state index is 12.2. The summed E-state index contributed by atoms with van der Waals surface area (Å²) in [6, 6.07) is 11.7. The number of furan rings is 1. The number of rotatable bonds is 8. The molecule has 2 aromatic rings. The van der Waals surface area contributed by atoms with Crippen molar-refractivity contribution >= 4 is 29.3 Å². The molecule has 1 aliphatic heterocycles. The molecular weight excluding hydrogens is 368 g/mol. The third kappa shape index (κ3) is 5.79. The SMILES string of the molecule is O=C(CCSc1ccc(Cl)cc1)NCC(c1ccco1)N1CCCCC1. The molecule has 26 heavy (non-hydrogen) atoms. The molecule has 4 nitrogen and oxygen atoms in total. The third-order valence-corrected chi connectivity index (χ3v) is 5.87. The monoisotopic (exact) mass is 392 g/mol. The Balaban J connectivity index is 1.45. The topological polar surface area (TPSA) is 45.5 Å². The molecule has 1 saturated heterocycles. The molecule has 1 N–H and O–H groups in total. The number of carbonyl (C=O) groups is 1. The van der Waals surface area contributed by atoms with Gasteiger partial charge in [0.25, 0.3) is 0 Å². The van der Waals surface area contributed by atoms with E-state index < -0.39 is 0 Å². The van der Waals surface area contributed by atoms with E-state index in [0.717, 1.165) is 34.5 Å². The minimum atomic E-state index is 0.0834. The summed E-state index contributed by atoms with van der Waals surface area (Å²) in [7, 11) is 0. The van der Waals surface area contributed by atoms with Crippen molar-refractivity contribution in [2.24, 2.45) is 0 Å². The maximum Gasteiger partial charge on any atom is 0.220 e. The highest BCUT2D eigenvalue weighted by Gasteiger charge is 2.24. The molecule has 3 rings (SSSR count). The fraction of sp³-hybridized carbons (Fsp3) is 0.450. The molecule has 1 aromatic carbocycles. The second kappa shape index (κ2) is 10.0. The van der Waals surface area contributed by atoms with Gasteiger partial charge in [0.1, 0.15) is 5.76 Å². The van der Waals surface area contributed by atoms with Crippen LogP contribution in [0.25, 0.3) is 0 Å². The van der Waals surface area contributed by atoms with Crippen LogP contribution in [0.1, 0.15) is 37.5 Å². The van der Waals surface area contributed by atoms with Gasteiger partial charge < -0.3 is 9.73 Å². The number of nitrogens with zero attached hydrogens (tertiary/aromatic N) is 1. The van der Waals surface area contributed by atoms with Crippen LogP contribution in [0.5, 0.6) is 0 Å². The molecule has 0 bridgehead atoms. The fourth-order valence-electron chi connectivity index (χ4n) is 3.21. The highest BCUT2D eigenvalue weighted by molar-refractivity contribution is 7.99. The van der Waals surface area contributed by atoms with E-state index in [-0.39, 0.29) is 11.9 Å². The molecule has 1 fully saturated rings. The van der Waals surface area contributed by atoms with Gasteiger partial charge in [0, 0.05) is 28.6 Å². The highest BCUT2D eigenvalue weighted by atomic mass is 35.5. The standard InChI is InChI=1S/C20H25ClN2O2S/c21-16-6-8-17(9-7-16)26-14-10-20(24)22-15-18(19-5-4-13-25-19)23-11-2-1-3-12-23/h4-9,13,18H,1-3,10-12,14-15H2,(H,22,24). The van der Waals surface area contributed by atoms with Crippen LogP contribution in [0.4, 0.5) is 0 Å². The quantitative estimate of drug-likeness (QED) is 0.658. The van der Waals surface area contributed by atoms with Gasteiger partial charge in [-0.25, -0.2) is 0 Å². The summed E-state index contributed by atoms with van der Waals surface area (Å²) in [5.41, 5.74) is 0. The molecule has 1 atom stereocenters. The van der Waals surface area contributed by atoms with Crippen LogP contribution in [0.2, 0.25) is 5.02 Å². The van der Waals surface area contributed by atoms with Gasteiger partial charge in [-0.1, -0.05) is 18.0 Å². The minimum Gasteiger partial charge on any atom is -0.468 e. The van der Waals surface area contributed by atoms with E-state index >= 15 is 0 Å². The Labute approximate surface area is 164 Å². The molecule has 1 aliphatic rings. The molecule has 0 aliphatic carbocycles. The van der Waals surface area contributed by atoms with Gasteiger partial charge in [-0.05, 0) is 62.3 Å². The van der Waals surface area contributed by atoms with Gasteiger partial charge in [-0.3, -0.25) is 9.69 Å². The van der Waals surface area contributed by atoms with Crippen LogP contribution >= 0.6 is 23.4 Å². The third-order valence-electron chi connectivity index (χ3n) is 4.61. The smallest absolute Gasteiger partial charge is 0.220 e. The van der Waals surface area contributed by atoms with Crippen molar-refractivity contribution < 1.29 is 9.21 Å². The minimum absolute atomic E-state index is 0.0834. The van der Waals surface area contributed by atoms with Crippen LogP contribution in [0, 0.1) is 0 Å². The second-order valence-electron chi connectivity index (χ2n) is 6.48. The van der Waals surface area contributed by atoms with Crippen molar-refractivity contribution in [2.45, 2.75) is 36.6 Å². The van der Waals surface area contributed by atoms with Crippen molar-refractivity contribution in [3.05, 3.63) is 53.4 Å². The summed E-state index contributed by atoms with van der Waals surface area (Å²) < 4.78 is 5.62. The Morgan fingerprint density at radius 3 is 2.65 bits per heavy atom. The van der Waals surface area contributed by atoms with Crippen LogP contribution in [-0.4, -0.2) is 36.2 Å². The Morgan fingerprint density at radius 2 is 1.96 bits per heavy atom. The number of piperidine rings is 1. The summed E-state index contributed by atoms with van der Waals surface area (Å²) in [6.45, 7) is 2.72. The lowest BCUT2D eigenvalue weighted by atomic mass is 10.1. The van der Waals surface area contributed by atoms with Gasteiger partial charge in [-0.15, -0.1) is 11.8 Å². The number of likely N-dealkylation sites (tertiary alicyclic amines) is 1. The average molecular weight is 393 g/mol. The summed E-state index contributed by atoms with van der Waals surface area (Å²) >= 11 is 7.56. The van der Waals surface area contributed by atoms with E-state index in [2.05, 4.69) is 10.2 Å². The van der Waals surface area contributed by atoms with E-state index in [1.165, 1.54) is 19.3 Å². The molecule has 140 valence electrons. The number of nitrogens with one attached hydrogen (secondary N) is 1. The van der Waals surface area contributed by atoms with Crippen LogP contribution in [-0.2, 0) is 4.79 Å². The second-order valence-corrected chi connectivity index (χ2v) is 8.09. The fourth-order valence-corrected chi connectivity index (χ4v) is 4.19. The summed E-state index contributed by atoms with van der Waals surface area (Å²) in [5.74, 6) is 1.77. The molecule has 1 amide bonds. The normalized spacial score (nSPS) is 16.3. The first-order valence-corrected chi connectivity index (χ1v) is 10.5. The Hall–Kier alpha value is -1.43. The first-order valence-electron chi connectivity index (χ1n) is 9.15. The van der Waals surface area contributed by atoms with E-state index in [1.54, 1.807) is 18.0 Å². The molecule has 1 aromatic heterocycles. The maximum absolute atomic E-state index is 12.2. The Kier molecular flexibility index (Phi) is 7.47. The lowest BCUT2D eigenvalue weighted by molar-refractivity contribution is -0.121. The molecular formula is C20H25ClN2O2S. The van der Waals surface area contributed by atoms with Gasteiger partial charge >= 0.3 is 0 Å². The first-order chi connectivity index (χ1) is 12.7. The molecule has 6 heteroatoms. The molecule has 0 radical (unpaired) electrons. The predicted octanol–water partition coefficient (Wildman–Crippen LogP) is 4.76. The molecule has 0 spiro atoms. The van der Waals surface area contributed by atoms with Gasteiger partial charge in [0.15, 0.2) is 0 Å². The van der Waals surface area contributed by atoms with Crippen molar-refractivity contribution in [2.75, 3.05) is 25.4 Å². The summed E-state index contributed by atoms with van der Waals surface area (Å²) in [4.78, 5) is 15.8. The van der Waals surface area contributed by atoms with Gasteiger partial charge in [-0.2, -0.15) is 0 Å². The van der Waals surface area contributed by atoms with E-state index in [1.807, 2.05) is 36.4 Å². The number of halogens is 1. The lowest BCUT2D eigenvalue weighted by Crippen LogP contribution is -2.40. The summed E-state index contributed by atoms with van der Waals surface area (Å²) in [6.07, 6.45) is 5.91. The number of thioether (sulfide) groups is 1. The largest absolute Gasteiger partial charge is 0.468 e. The van der Waals surface area contributed by atoms with Crippen LogP contribution in [0.3, 0.4) is 0 Å². The van der Waals surface area contributed by atoms with Gasteiger partial charge in [0.05, 0.1) is 12.3 Å². The zero-order valence-electron chi connectivity index (χ0n) is 14.8. The number of carbonyl (C=O) groups excluding carboxylic acids is 1. The predicted molar refractivity (Wildman–Crippen MR) is 107 cm³/mol. The highest BCUT2D eigenvalue weighted by Crippen LogP contribution is 2.25. The molecule has 1 unspecified atom stereocenters. The summed E-state index contributed by atoms with van der Waals surface area (Å²) in [5, 5.41) is 3.82. The van der Waals surface area contributed by atoms with Crippen molar-refractivity contribution in [3.63, 3.8) is 0 Å². The lowest BCUT2D eigenvalue weighted by Gasteiger charge is -2.33. The Bertz CT molecular complexity index is 670. The van der Waals surface area contributed by atoms with E-state index in [4.69, 9.17) is 16.0 Å². The number of hydrogen-bond acceptors (Lipinski definition) is 4. The van der Waals surface area contributed by atoms with E-state index in [0.29, 0.717) is 13.0 Å². The number of benzene rings is 1. The average Bonchev–Trinajstić information content (AvgIpc) is 3.19. The van der Waals surface area contributed by atoms with Crippen molar-refractivity contribution in [1.82, 2.24) is 10.2 Å². The zero-order chi connectivity index (χ0) is 18.2. The molecule has 2 heterocycles. The molecule has 0 saturated carbocycles. The van der Waals surface area contributed by atoms with Gasteiger partial charge in [0.2, 0.25) is 5.91 Å². The first kappa shape index (κ1) is 19.3. The van der Waals surface area contributed by atoms with Crippen molar-refractivity contribution in [3.8, 4) is 0 Å².